The number of anilines is 1. The average Bonchev–Trinajstić information content (AvgIpc) is 2.37. The van der Waals surface area contributed by atoms with Gasteiger partial charge in [-0.25, -0.2) is 0 Å². The van der Waals surface area contributed by atoms with Crippen molar-refractivity contribution in [1.82, 2.24) is 0 Å². The van der Waals surface area contributed by atoms with Gasteiger partial charge in [0, 0.05) is 16.8 Å². The van der Waals surface area contributed by atoms with Gasteiger partial charge in [0.15, 0.2) is 5.78 Å². The molecule has 2 aromatic rings. The van der Waals surface area contributed by atoms with E-state index in [1.54, 1.807) is 24.3 Å². The monoisotopic (exact) mass is 279 g/mol. The molecule has 0 aromatic heterocycles. The van der Waals surface area contributed by atoms with E-state index >= 15 is 0 Å². The Labute approximate surface area is 114 Å². The molecule has 20 heavy (non-hydrogen) atoms. The predicted octanol–water partition coefficient (Wildman–Crippen LogP) is 3.83. The molecule has 0 saturated carbocycles. The molecule has 2 N–H and O–H groups in total. The number of para-hydroxylation sites is 1. The Balaban J connectivity index is 2.45. The molecule has 2 rings (SSSR count). The molecule has 0 saturated heterocycles. The molecule has 0 unspecified atom stereocenters. The van der Waals surface area contributed by atoms with Crippen LogP contribution >= 0.6 is 0 Å². The molecule has 0 aliphatic rings. The average molecular weight is 279 g/mol. The highest BCUT2D eigenvalue weighted by Gasteiger charge is 2.31. The van der Waals surface area contributed by atoms with Crippen molar-refractivity contribution in [2.45, 2.75) is 13.1 Å². The molecule has 0 bridgehead atoms. The molecule has 0 heterocycles. The molecular weight excluding hydrogens is 267 g/mol. The van der Waals surface area contributed by atoms with Crippen LogP contribution in [0.25, 0.3) is 0 Å². The van der Waals surface area contributed by atoms with Crippen molar-refractivity contribution in [3.05, 3.63) is 64.7 Å². The zero-order valence-electron chi connectivity index (χ0n) is 10.7. The van der Waals surface area contributed by atoms with Crippen LogP contribution in [0.1, 0.15) is 27.0 Å². The summed E-state index contributed by atoms with van der Waals surface area (Å²) in [4.78, 5) is 12.3. The first-order chi connectivity index (χ1) is 9.30. The summed E-state index contributed by atoms with van der Waals surface area (Å²) < 4.78 is 37.7. The zero-order valence-corrected chi connectivity index (χ0v) is 10.7. The van der Waals surface area contributed by atoms with Crippen LogP contribution in [0.4, 0.5) is 18.9 Å². The van der Waals surface area contributed by atoms with E-state index in [9.17, 15) is 18.0 Å². The molecule has 0 atom stereocenters. The van der Waals surface area contributed by atoms with Gasteiger partial charge in [-0.2, -0.15) is 13.2 Å². The van der Waals surface area contributed by atoms with Crippen LogP contribution in [0.3, 0.4) is 0 Å². The van der Waals surface area contributed by atoms with E-state index in [0.29, 0.717) is 5.69 Å². The third-order valence-corrected chi connectivity index (χ3v) is 3.00. The van der Waals surface area contributed by atoms with Crippen LogP contribution in [0.15, 0.2) is 42.5 Å². The van der Waals surface area contributed by atoms with Gasteiger partial charge in [0.2, 0.25) is 0 Å². The Kier molecular flexibility index (Phi) is 3.53. The van der Waals surface area contributed by atoms with Gasteiger partial charge in [-0.1, -0.05) is 18.2 Å². The van der Waals surface area contributed by atoms with Crippen LogP contribution in [0, 0.1) is 6.92 Å². The highest BCUT2D eigenvalue weighted by atomic mass is 19.4. The Hall–Kier alpha value is -2.30. The maximum Gasteiger partial charge on any atom is 0.416 e. The lowest BCUT2D eigenvalue weighted by molar-refractivity contribution is -0.137. The molecule has 2 nitrogen and oxygen atoms in total. The Morgan fingerprint density at radius 1 is 1.05 bits per heavy atom. The number of carbonyl (C=O) groups is 1. The molecule has 104 valence electrons. The van der Waals surface area contributed by atoms with Crippen molar-refractivity contribution in [3.63, 3.8) is 0 Å². The largest absolute Gasteiger partial charge is 0.416 e. The number of benzene rings is 2. The van der Waals surface area contributed by atoms with Gasteiger partial charge in [0.05, 0.1) is 5.56 Å². The highest BCUT2D eigenvalue weighted by molar-refractivity contribution is 6.12. The predicted molar refractivity (Wildman–Crippen MR) is 70.5 cm³/mol. The molecule has 5 heteroatoms. The van der Waals surface area contributed by atoms with E-state index in [0.717, 1.165) is 12.1 Å². The van der Waals surface area contributed by atoms with Crippen LogP contribution < -0.4 is 5.73 Å². The number of rotatable bonds is 2. The quantitative estimate of drug-likeness (QED) is 0.670. The molecule has 0 aliphatic carbocycles. The lowest BCUT2D eigenvalue weighted by atomic mass is 9.96. The molecule has 0 radical (unpaired) electrons. The number of hydrogen-bond donors (Lipinski definition) is 1. The first-order valence-electron chi connectivity index (χ1n) is 5.88. The molecule has 0 spiro atoms. The summed E-state index contributed by atoms with van der Waals surface area (Å²) in [6.07, 6.45) is -4.42. The number of aryl methyl sites for hydroxylation is 1. The van der Waals surface area contributed by atoms with Crippen LogP contribution in [0.2, 0.25) is 0 Å². The molecule has 0 amide bonds. The standard InChI is InChI=1S/C15H12F3NO/c1-9-8-10(15(16,17)18)6-7-11(9)14(20)12-4-2-3-5-13(12)19/h2-8H,19H2,1H3. The van der Waals surface area contributed by atoms with Gasteiger partial charge in [0.1, 0.15) is 0 Å². The fourth-order valence-electron chi connectivity index (χ4n) is 1.94. The van der Waals surface area contributed by atoms with Gasteiger partial charge in [0.25, 0.3) is 0 Å². The van der Waals surface area contributed by atoms with Gasteiger partial charge in [-0.15, -0.1) is 0 Å². The summed E-state index contributed by atoms with van der Waals surface area (Å²) in [6, 6.07) is 9.52. The number of carbonyl (C=O) groups excluding carboxylic acids is 1. The van der Waals surface area contributed by atoms with Crippen molar-refractivity contribution in [2.24, 2.45) is 0 Å². The van der Waals surface area contributed by atoms with Crippen molar-refractivity contribution in [1.29, 1.82) is 0 Å². The van der Waals surface area contributed by atoms with Crippen LogP contribution in [-0.2, 0) is 6.18 Å². The van der Waals surface area contributed by atoms with E-state index in [2.05, 4.69) is 0 Å². The van der Waals surface area contributed by atoms with Crippen LogP contribution in [0.5, 0.6) is 0 Å². The van der Waals surface area contributed by atoms with E-state index in [1.807, 2.05) is 0 Å². The van der Waals surface area contributed by atoms with Gasteiger partial charge in [-0.05, 0) is 36.8 Å². The fraction of sp³-hybridized carbons (Fsp3) is 0.133. The minimum Gasteiger partial charge on any atom is -0.398 e. The number of nitrogen functional groups attached to an aromatic ring is 1. The number of hydrogen-bond acceptors (Lipinski definition) is 2. The summed E-state index contributed by atoms with van der Waals surface area (Å²) in [5.74, 6) is -0.380. The zero-order chi connectivity index (χ0) is 14.9. The summed E-state index contributed by atoms with van der Waals surface area (Å²) >= 11 is 0. The van der Waals surface area contributed by atoms with Crippen molar-refractivity contribution in [3.8, 4) is 0 Å². The number of ketones is 1. The normalized spacial score (nSPS) is 11.4. The fourth-order valence-corrected chi connectivity index (χ4v) is 1.94. The summed E-state index contributed by atoms with van der Waals surface area (Å²) in [6.45, 7) is 1.47. The summed E-state index contributed by atoms with van der Waals surface area (Å²) in [5, 5.41) is 0. The van der Waals surface area contributed by atoms with Crippen molar-refractivity contribution >= 4 is 11.5 Å². The second kappa shape index (κ2) is 5.00. The maximum absolute atomic E-state index is 12.6. The first-order valence-corrected chi connectivity index (χ1v) is 5.88. The lowest BCUT2D eigenvalue weighted by Gasteiger charge is -2.11. The SMILES string of the molecule is Cc1cc(C(F)(F)F)ccc1C(=O)c1ccccc1N. The number of nitrogens with two attached hydrogens (primary N) is 1. The molecule has 0 aliphatic heterocycles. The van der Waals surface area contributed by atoms with E-state index in [1.165, 1.54) is 13.0 Å². The third kappa shape index (κ3) is 2.66. The molecular formula is C15H12F3NO. The second-order valence-corrected chi connectivity index (χ2v) is 4.44. The van der Waals surface area contributed by atoms with E-state index in [4.69, 9.17) is 5.73 Å². The number of halogens is 3. The number of alkyl halides is 3. The maximum atomic E-state index is 12.6. The summed E-state index contributed by atoms with van der Waals surface area (Å²) in [5.41, 5.74) is 6.02. The van der Waals surface area contributed by atoms with Crippen LogP contribution in [-0.4, -0.2) is 5.78 Å². The Morgan fingerprint density at radius 2 is 1.70 bits per heavy atom. The third-order valence-electron chi connectivity index (χ3n) is 3.00. The van der Waals surface area contributed by atoms with E-state index in [-0.39, 0.29) is 22.5 Å². The molecule has 2 aromatic carbocycles. The molecule has 0 fully saturated rings. The van der Waals surface area contributed by atoms with Gasteiger partial charge in [-0.3, -0.25) is 4.79 Å². The second-order valence-electron chi connectivity index (χ2n) is 4.44. The van der Waals surface area contributed by atoms with Gasteiger partial charge < -0.3 is 5.73 Å². The smallest absolute Gasteiger partial charge is 0.398 e. The Morgan fingerprint density at radius 3 is 2.25 bits per heavy atom. The van der Waals surface area contributed by atoms with E-state index < -0.39 is 11.7 Å². The highest BCUT2D eigenvalue weighted by Crippen LogP contribution is 2.31. The topological polar surface area (TPSA) is 43.1 Å². The van der Waals surface area contributed by atoms with Crippen molar-refractivity contribution < 1.29 is 18.0 Å². The first kappa shape index (κ1) is 14.1. The minimum atomic E-state index is -4.42. The van der Waals surface area contributed by atoms with Crippen molar-refractivity contribution in [2.75, 3.05) is 5.73 Å². The Bertz CT molecular complexity index is 662. The minimum absolute atomic E-state index is 0.218. The summed E-state index contributed by atoms with van der Waals surface area (Å²) in [7, 11) is 0. The lowest BCUT2D eigenvalue weighted by Crippen LogP contribution is -2.10. The van der Waals surface area contributed by atoms with Gasteiger partial charge >= 0.3 is 6.18 Å².